The maximum Gasteiger partial charge on any atom is 0.126 e. The number of ether oxygens (including phenoxy) is 3. The summed E-state index contributed by atoms with van der Waals surface area (Å²) in [6.45, 7) is 5.07. The molecule has 0 saturated heterocycles. The Kier molecular flexibility index (Phi) is 6.33. The van der Waals surface area contributed by atoms with Gasteiger partial charge >= 0.3 is 0 Å². The first-order valence-electron chi connectivity index (χ1n) is 6.02. The van der Waals surface area contributed by atoms with E-state index in [0.29, 0.717) is 18.4 Å². The van der Waals surface area contributed by atoms with Gasteiger partial charge < -0.3 is 14.2 Å². The number of methoxy groups -OCH3 is 2. The van der Waals surface area contributed by atoms with E-state index < -0.39 is 0 Å². The van der Waals surface area contributed by atoms with E-state index in [2.05, 4.69) is 29.8 Å². The van der Waals surface area contributed by atoms with Crippen molar-refractivity contribution >= 4 is 15.9 Å². The summed E-state index contributed by atoms with van der Waals surface area (Å²) in [5.74, 6) is 3.32. The Morgan fingerprint density at radius 1 is 1.00 bits per heavy atom. The maximum absolute atomic E-state index is 5.82. The van der Waals surface area contributed by atoms with Crippen molar-refractivity contribution in [1.82, 2.24) is 0 Å². The molecule has 18 heavy (non-hydrogen) atoms. The Hall–Kier alpha value is -0.900. The quantitative estimate of drug-likeness (QED) is 0.717. The van der Waals surface area contributed by atoms with E-state index in [1.807, 2.05) is 18.2 Å². The summed E-state index contributed by atoms with van der Waals surface area (Å²) >= 11 is 3.52. The molecule has 1 unspecified atom stereocenters. The number of alkyl halides is 1. The minimum Gasteiger partial charge on any atom is -0.496 e. The Morgan fingerprint density at radius 2 is 1.50 bits per heavy atom. The van der Waals surface area contributed by atoms with E-state index in [4.69, 9.17) is 14.2 Å². The summed E-state index contributed by atoms with van der Waals surface area (Å²) in [7, 11) is 3.27. The molecule has 0 radical (unpaired) electrons. The first-order chi connectivity index (χ1) is 8.60. The molecule has 0 amide bonds. The number of rotatable bonds is 7. The van der Waals surface area contributed by atoms with Crippen molar-refractivity contribution in [2.75, 3.05) is 26.2 Å². The van der Waals surface area contributed by atoms with Crippen LogP contribution in [0.2, 0.25) is 0 Å². The second kappa shape index (κ2) is 7.52. The summed E-state index contributed by atoms with van der Waals surface area (Å²) in [6, 6.07) is 5.57. The zero-order chi connectivity index (χ0) is 13.5. The van der Waals surface area contributed by atoms with Crippen molar-refractivity contribution in [1.29, 1.82) is 0 Å². The molecular formula is C14H21BrO3. The van der Waals surface area contributed by atoms with Crippen molar-refractivity contribution in [2.24, 2.45) is 11.8 Å². The van der Waals surface area contributed by atoms with Crippen molar-refractivity contribution in [3.8, 4) is 17.2 Å². The molecule has 0 spiro atoms. The Balaban J connectivity index is 2.71. The summed E-state index contributed by atoms with van der Waals surface area (Å²) < 4.78 is 16.2. The van der Waals surface area contributed by atoms with Crippen LogP contribution in [0, 0.1) is 11.8 Å². The van der Waals surface area contributed by atoms with Gasteiger partial charge in [-0.25, -0.2) is 0 Å². The van der Waals surface area contributed by atoms with Gasteiger partial charge in [-0.1, -0.05) is 29.8 Å². The lowest BCUT2D eigenvalue weighted by molar-refractivity contribution is 0.226. The molecular weight excluding hydrogens is 296 g/mol. The van der Waals surface area contributed by atoms with Crippen LogP contribution in [-0.4, -0.2) is 26.2 Å². The number of halogens is 1. The highest BCUT2D eigenvalue weighted by Crippen LogP contribution is 2.28. The zero-order valence-electron chi connectivity index (χ0n) is 11.4. The number of benzene rings is 1. The highest BCUT2D eigenvalue weighted by Gasteiger charge is 2.13. The summed E-state index contributed by atoms with van der Waals surface area (Å²) in [6.07, 6.45) is 0. The van der Waals surface area contributed by atoms with Gasteiger partial charge in [0.2, 0.25) is 0 Å². The highest BCUT2D eigenvalue weighted by molar-refractivity contribution is 9.09. The fourth-order valence-corrected chi connectivity index (χ4v) is 2.42. The van der Waals surface area contributed by atoms with Crippen LogP contribution in [0.3, 0.4) is 0 Å². The average Bonchev–Trinajstić information content (AvgIpc) is 2.38. The molecule has 0 fully saturated rings. The van der Waals surface area contributed by atoms with Crippen LogP contribution in [0.25, 0.3) is 0 Å². The molecule has 0 aliphatic carbocycles. The lowest BCUT2D eigenvalue weighted by atomic mass is 9.99. The molecule has 102 valence electrons. The largest absolute Gasteiger partial charge is 0.496 e. The molecule has 3 nitrogen and oxygen atoms in total. The van der Waals surface area contributed by atoms with Crippen LogP contribution < -0.4 is 14.2 Å². The van der Waals surface area contributed by atoms with Crippen LogP contribution in [0.15, 0.2) is 18.2 Å². The minimum absolute atomic E-state index is 0.488. The van der Waals surface area contributed by atoms with Gasteiger partial charge in [-0.3, -0.25) is 0 Å². The zero-order valence-corrected chi connectivity index (χ0v) is 13.0. The summed E-state index contributed by atoms with van der Waals surface area (Å²) in [4.78, 5) is 0. The van der Waals surface area contributed by atoms with Crippen LogP contribution in [0.1, 0.15) is 13.8 Å². The molecule has 1 atom stereocenters. The third kappa shape index (κ3) is 4.41. The van der Waals surface area contributed by atoms with Gasteiger partial charge in [0.05, 0.1) is 20.8 Å². The Bertz CT molecular complexity index is 344. The Morgan fingerprint density at radius 3 is 1.89 bits per heavy atom. The fraction of sp³-hybridized carbons (Fsp3) is 0.571. The van der Waals surface area contributed by atoms with Crippen molar-refractivity contribution < 1.29 is 14.2 Å². The number of hydrogen-bond donors (Lipinski definition) is 0. The van der Waals surface area contributed by atoms with Gasteiger partial charge in [0.25, 0.3) is 0 Å². The molecule has 1 aromatic carbocycles. The molecule has 0 heterocycles. The van der Waals surface area contributed by atoms with Crippen molar-refractivity contribution in [3.63, 3.8) is 0 Å². The van der Waals surface area contributed by atoms with Gasteiger partial charge in [-0.2, -0.15) is 0 Å². The lowest BCUT2D eigenvalue weighted by Crippen LogP contribution is -2.19. The smallest absolute Gasteiger partial charge is 0.126 e. The van der Waals surface area contributed by atoms with Gasteiger partial charge in [-0.05, 0) is 5.92 Å². The third-order valence-electron chi connectivity index (χ3n) is 2.93. The second-order valence-electron chi connectivity index (χ2n) is 4.52. The predicted octanol–water partition coefficient (Wildman–Crippen LogP) is 3.75. The van der Waals surface area contributed by atoms with Gasteiger partial charge in [-0.15, -0.1) is 0 Å². The van der Waals surface area contributed by atoms with E-state index in [1.54, 1.807) is 14.2 Å². The van der Waals surface area contributed by atoms with E-state index in [0.717, 1.165) is 22.6 Å². The SMILES string of the molecule is COc1cc(OC)cc(OCC(CBr)C(C)C)c1. The van der Waals surface area contributed by atoms with E-state index >= 15 is 0 Å². The highest BCUT2D eigenvalue weighted by atomic mass is 79.9. The molecule has 0 aromatic heterocycles. The first kappa shape index (κ1) is 15.2. The average molecular weight is 317 g/mol. The summed E-state index contributed by atoms with van der Waals surface area (Å²) in [5, 5.41) is 0.936. The fourth-order valence-electron chi connectivity index (χ4n) is 1.48. The minimum atomic E-state index is 0.488. The molecule has 4 heteroatoms. The van der Waals surface area contributed by atoms with E-state index in [1.165, 1.54) is 0 Å². The molecule has 1 aromatic rings. The molecule has 0 aliphatic heterocycles. The van der Waals surface area contributed by atoms with Crippen LogP contribution in [0.5, 0.6) is 17.2 Å². The van der Waals surface area contributed by atoms with E-state index in [-0.39, 0.29) is 0 Å². The molecule has 0 bridgehead atoms. The maximum atomic E-state index is 5.82. The van der Waals surface area contributed by atoms with Crippen LogP contribution in [-0.2, 0) is 0 Å². The molecule has 0 saturated carbocycles. The number of hydrogen-bond acceptors (Lipinski definition) is 3. The van der Waals surface area contributed by atoms with Gasteiger partial charge in [0.15, 0.2) is 0 Å². The lowest BCUT2D eigenvalue weighted by Gasteiger charge is -2.19. The molecule has 0 N–H and O–H groups in total. The summed E-state index contributed by atoms with van der Waals surface area (Å²) in [5.41, 5.74) is 0. The standard InChI is InChI=1S/C14H21BrO3/c1-10(2)11(8-15)9-18-14-6-12(16-3)5-13(7-14)17-4/h5-7,10-11H,8-9H2,1-4H3. The monoisotopic (exact) mass is 316 g/mol. The second-order valence-corrected chi connectivity index (χ2v) is 5.17. The van der Waals surface area contributed by atoms with Gasteiger partial charge in [0, 0.05) is 29.4 Å². The normalized spacial score (nSPS) is 12.3. The molecule has 0 aliphatic rings. The Labute approximate surface area is 118 Å². The van der Waals surface area contributed by atoms with Crippen molar-refractivity contribution in [3.05, 3.63) is 18.2 Å². The van der Waals surface area contributed by atoms with Crippen LogP contribution in [0.4, 0.5) is 0 Å². The predicted molar refractivity (Wildman–Crippen MR) is 77.2 cm³/mol. The molecule has 1 rings (SSSR count). The third-order valence-corrected chi connectivity index (χ3v) is 3.76. The first-order valence-corrected chi connectivity index (χ1v) is 7.14. The van der Waals surface area contributed by atoms with Gasteiger partial charge in [0.1, 0.15) is 17.2 Å². The van der Waals surface area contributed by atoms with Crippen molar-refractivity contribution in [2.45, 2.75) is 13.8 Å². The van der Waals surface area contributed by atoms with Crippen LogP contribution >= 0.6 is 15.9 Å². The topological polar surface area (TPSA) is 27.7 Å². The van der Waals surface area contributed by atoms with E-state index in [9.17, 15) is 0 Å².